The summed E-state index contributed by atoms with van der Waals surface area (Å²) in [5, 5.41) is 5.12. The molecule has 0 saturated heterocycles. The van der Waals surface area contributed by atoms with Gasteiger partial charge < -0.3 is 10.6 Å². The van der Waals surface area contributed by atoms with Gasteiger partial charge in [-0.2, -0.15) is 0 Å². The molecule has 5 nitrogen and oxygen atoms in total. The second kappa shape index (κ2) is 7.60. The number of unbranched alkanes of at least 4 members (excludes halogenated alkanes) is 4. The number of amides is 2. The molecule has 0 spiro atoms. The smallest absolute Gasteiger partial charge is 0.275 e. The van der Waals surface area contributed by atoms with Gasteiger partial charge in [0.15, 0.2) is 0 Å². The van der Waals surface area contributed by atoms with Crippen molar-refractivity contribution < 1.29 is 9.59 Å². The molecule has 0 aromatic rings. The predicted octanol–water partition coefficient (Wildman–Crippen LogP) is 1.11. The molecule has 2 amide bonds. The molecule has 2 N–H and O–H groups in total. The minimum Gasteiger partial charge on any atom is -0.352 e. The molecule has 94 valence electrons. The summed E-state index contributed by atoms with van der Waals surface area (Å²) in [6.45, 7) is 2.82. The zero-order valence-corrected chi connectivity index (χ0v) is 10.2. The number of carbonyl (C=O) groups excluding carboxylic acids is 2. The van der Waals surface area contributed by atoms with Crippen LogP contribution in [-0.2, 0) is 9.59 Å². The molecule has 0 unspecified atom stereocenters. The van der Waals surface area contributed by atoms with E-state index in [0.29, 0.717) is 6.54 Å². The van der Waals surface area contributed by atoms with E-state index in [1.165, 1.54) is 31.7 Å². The van der Waals surface area contributed by atoms with Crippen molar-refractivity contribution in [3.05, 3.63) is 11.8 Å². The van der Waals surface area contributed by atoms with E-state index in [4.69, 9.17) is 0 Å². The second-order valence-corrected chi connectivity index (χ2v) is 3.97. The van der Waals surface area contributed by atoms with Crippen LogP contribution in [0, 0.1) is 0 Å². The van der Waals surface area contributed by atoms with Crippen LogP contribution in [0.4, 0.5) is 0 Å². The summed E-state index contributed by atoms with van der Waals surface area (Å²) in [5.41, 5.74) is 0.161. The van der Waals surface area contributed by atoms with Crippen LogP contribution >= 0.6 is 0 Å². The summed E-state index contributed by atoms with van der Waals surface area (Å²) in [7, 11) is 0. The summed E-state index contributed by atoms with van der Waals surface area (Å²) in [6, 6.07) is 0. The lowest BCUT2D eigenvalue weighted by Crippen LogP contribution is -2.24. The summed E-state index contributed by atoms with van der Waals surface area (Å²) >= 11 is 0. The van der Waals surface area contributed by atoms with Crippen molar-refractivity contribution in [1.82, 2.24) is 10.6 Å². The van der Waals surface area contributed by atoms with Crippen molar-refractivity contribution in [3.8, 4) is 0 Å². The lowest BCUT2D eigenvalue weighted by atomic mass is 10.1. The monoisotopic (exact) mass is 237 g/mol. The minimum absolute atomic E-state index is 0.161. The van der Waals surface area contributed by atoms with Crippen molar-refractivity contribution in [1.29, 1.82) is 0 Å². The standard InChI is InChI=1S/C12H19N3O2/c1-2-3-4-5-6-7-13-11(16)8-10-12(17)15-9-14-10/h8-9H,2-7H2,1H3,(H,13,16)(H,14,15,17). The highest BCUT2D eigenvalue weighted by atomic mass is 16.2. The number of hydrogen-bond acceptors (Lipinski definition) is 3. The number of hydrogen-bond donors (Lipinski definition) is 2. The molecule has 17 heavy (non-hydrogen) atoms. The first-order chi connectivity index (χ1) is 8.24. The largest absolute Gasteiger partial charge is 0.352 e. The highest BCUT2D eigenvalue weighted by molar-refractivity contribution is 6.08. The maximum atomic E-state index is 11.4. The van der Waals surface area contributed by atoms with Gasteiger partial charge in [-0.1, -0.05) is 32.6 Å². The van der Waals surface area contributed by atoms with Gasteiger partial charge in [-0.05, 0) is 6.42 Å². The molecule has 5 heteroatoms. The van der Waals surface area contributed by atoms with Crippen molar-refractivity contribution in [2.45, 2.75) is 39.0 Å². The molecule has 1 rings (SSSR count). The predicted molar refractivity (Wildman–Crippen MR) is 66.5 cm³/mol. The summed E-state index contributed by atoms with van der Waals surface area (Å²) < 4.78 is 0. The van der Waals surface area contributed by atoms with Crippen LogP contribution in [0.1, 0.15) is 39.0 Å². The Morgan fingerprint density at radius 3 is 2.82 bits per heavy atom. The Kier molecular flexibility index (Phi) is 5.99. The van der Waals surface area contributed by atoms with E-state index < -0.39 is 0 Å². The normalized spacial score (nSPS) is 16.3. The zero-order chi connectivity index (χ0) is 12.5. The van der Waals surface area contributed by atoms with E-state index in [2.05, 4.69) is 22.5 Å². The van der Waals surface area contributed by atoms with Gasteiger partial charge in [0.1, 0.15) is 5.70 Å². The second-order valence-electron chi connectivity index (χ2n) is 3.97. The minimum atomic E-state index is -0.330. The Bertz CT molecular complexity index is 335. The third-order valence-corrected chi connectivity index (χ3v) is 2.48. The Morgan fingerprint density at radius 1 is 1.41 bits per heavy atom. The number of aliphatic imine (C=N–C) groups is 1. The third-order valence-electron chi connectivity index (χ3n) is 2.48. The van der Waals surface area contributed by atoms with Gasteiger partial charge in [-0.15, -0.1) is 0 Å². The molecular formula is C12H19N3O2. The van der Waals surface area contributed by atoms with E-state index in [9.17, 15) is 9.59 Å². The fourth-order valence-electron chi connectivity index (χ4n) is 1.51. The fourth-order valence-corrected chi connectivity index (χ4v) is 1.51. The first-order valence-electron chi connectivity index (χ1n) is 6.07. The average molecular weight is 237 g/mol. The molecule has 0 bridgehead atoms. The average Bonchev–Trinajstić information content (AvgIpc) is 2.69. The molecule has 1 aliphatic rings. The molecule has 1 aliphatic heterocycles. The van der Waals surface area contributed by atoms with Crippen LogP contribution in [0.15, 0.2) is 16.8 Å². The van der Waals surface area contributed by atoms with Gasteiger partial charge in [0.25, 0.3) is 5.91 Å². The maximum absolute atomic E-state index is 11.4. The van der Waals surface area contributed by atoms with Crippen molar-refractivity contribution in [3.63, 3.8) is 0 Å². The molecular weight excluding hydrogens is 218 g/mol. The summed E-state index contributed by atoms with van der Waals surface area (Å²) in [5.74, 6) is -0.590. The van der Waals surface area contributed by atoms with Crippen molar-refractivity contribution in [2.75, 3.05) is 6.54 Å². The molecule has 1 heterocycles. The van der Waals surface area contributed by atoms with Crippen molar-refractivity contribution in [2.24, 2.45) is 4.99 Å². The van der Waals surface area contributed by atoms with Gasteiger partial charge in [-0.25, -0.2) is 4.99 Å². The number of carbonyl (C=O) groups is 2. The van der Waals surface area contributed by atoms with Crippen molar-refractivity contribution >= 4 is 18.2 Å². The van der Waals surface area contributed by atoms with Crippen LogP contribution < -0.4 is 10.6 Å². The lowest BCUT2D eigenvalue weighted by molar-refractivity contribution is -0.118. The third kappa shape index (κ3) is 5.29. The molecule has 0 aromatic heterocycles. The fraction of sp³-hybridized carbons (Fsp3) is 0.583. The molecule has 0 radical (unpaired) electrons. The summed E-state index contributed by atoms with van der Waals surface area (Å²) in [4.78, 5) is 26.2. The van der Waals surface area contributed by atoms with Gasteiger partial charge in [0, 0.05) is 12.6 Å². The highest BCUT2D eigenvalue weighted by Gasteiger charge is 2.13. The molecule has 0 aromatic carbocycles. The van der Waals surface area contributed by atoms with Gasteiger partial charge in [-0.3, -0.25) is 9.59 Å². The maximum Gasteiger partial charge on any atom is 0.275 e. The lowest BCUT2D eigenvalue weighted by Gasteiger charge is -2.02. The Balaban J connectivity index is 2.13. The Morgan fingerprint density at radius 2 is 2.18 bits per heavy atom. The van der Waals surface area contributed by atoms with Crippen LogP contribution in [0.3, 0.4) is 0 Å². The van der Waals surface area contributed by atoms with Gasteiger partial charge in [0.05, 0.1) is 6.34 Å². The first-order valence-corrected chi connectivity index (χ1v) is 6.07. The van der Waals surface area contributed by atoms with Crippen LogP contribution in [0.5, 0.6) is 0 Å². The van der Waals surface area contributed by atoms with E-state index in [1.54, 1.807) is 0 Å². The molecule has 0 saturated carbocycles. The quantitative estimate of drug-likeness (QED) is 0.514. The van der Waals surface area contributed by atoms with Crippen LogP contribution in [0.2, 0.25) is 0 Å². The number of nitrogens with zero attached hydrogens (tertiary/aromatic N) is 1. The zero-order valence-electron chi connectivity index (χ0n) is 10.2. The SMILES string of the molecule is CCCCCCCNC(=O)C=C1N=CNC1=O. The first kappa shape index (κ1) is 13.4. The molecule has 0 atom stereocenters. The van der Waals surface area contributed by atoms with E-state index in [-0.39, 0.29) is 17.5 Å². The number of nitrogens with one attached hydrogen (secondary N) is 2. The van der Waals surface area contributed by atoms with E-state index >= 15 is 0 Å². The number of rotatable bonds is 7. The van der Waals surface area contributed by atoms with E-state index in [0.717, 1.165) is 12.8 Å². The topological polar surface area (TPSA) is 70.6 Å². The Hall–Kier alpha value is -1.65. The molecule has 0 aliphatic carbocycles. The van der Waals surface area contributed by atoms with E-state index in [1.807, 2.05) is 0 Å². The molecule has 0 fully saturated rings. The summed E-state index contributed by atoms with van der Waals surface area (Å²) in [6.07, 6.45) is 8.28. The van der Waals surface area contributed by atoms with Gasteiger partial charge >= 0.3 is 0 Å². The Labute approximate surface area is 101 Å². The van der Waals surface area contributed by atoms with Crippen LogP contribution in [-0.4, -0.2) is 24.7 Å². The highest BCUT2D eigenvalue weighted by Crippen LogP contribution is 2.02. The van der Waals surface area contributed by atoms with Crippen LogP contribution in [0.25, 0.3) is 0 Å². The van der Waals surface area contributed by atoms with Gasteiger partial charge in [0.2, 0.25) is 5.91 Å².